The molecular weight excluding hydrogens is 528 g/mol. The van der Waals surface area contributed by atoms with Gasteiger partial charge in [-0.05, 0) is 37.8 Å². The van der Waals surface area contributed by atoms with E-state index in [0.717, 1.165) is 51.4 Å². The number of esters is 1. The summed E-state index contributed by atoms with van der Waals surface area (Å²) in [6, 6.07) is 8.67. The summed E-state index contributed by atoms with van der Waals surface area (Å²) in [4.78, 5) is 12.6. The van der Waals surface area contributed by atoms with Crippen LogP contribution in [-0.4, -0.2) is 94.1 Å². The van der Waals surface area contributed by atoms with E-state index >= 15 is 0 Å². The Labute approximate surface area is 247 Å². The highest BCUT2D eigenvalue weighted by Gasteiger charge is 2.49. The molecule has 236 valence electrons. The molecule has 1 heterocycles. The average molecular weight is 583 g/mol. The van der Waals surface area contributed by atoms with Crippen LogP contribution in [0.4, 0.5) is 0 Å². The molecule has 0 saturated carbocycles. The number of carbonyl (C=O) groups excluding carboxylic acids is 1. The number of unbranched alkanes of at least 4 members (excludes halogenated alkanes) is 4. The molecule has 9 heteroatoms. The first kappa shape index (κ1) is 35.6. The highest BCUT2D eigenvalue weighted by Crippen LogP contribution is 2.30. The fourth-order valence-electron chi connectivity index (χ4n) is 4.37. The summed E-state index contributed by atoms with van der Waals surface area (Å²) in [6.07, 6.45) is 4.16. The minimum atomic E-state index is -0.875. The molecule has 1 aliphatic heterocycles. The SMILES string of the molecule is CCCCOCC1OC(OCC(CO)OC(=O)c2ccccc2)[C@@H](OCCCC)C(OCCCC)C1OCCCC. The number of benzene rings is 1. The molecule has 0 aliphatic carbocycles. The lowest BCUT2D eigenvalue weighted by Gasteiger charge is -2.46. The second kappa shape index (κ2) is 22.0. The van der Waals surface area contributed by atoms with Crippen molar-refractivity contribution < 1.29 is 43.1 Å². The van der Waals surface area contributed by atoms with Crippen LogP contribution in [0.15, 0.2) is 30.3 Å². The van der Waals surface area contributed by atoms with Crippen molar-refractivity contribution in [1.82, 2.24) is 0 Å². The largest absolute Gasteiger partial charge is 0.454 e. The van der Waals surface area contributed by atoms with E-state index < -0.39 is 49.4 Å². The summed E-state index contributed by atoms with van der Waals surface area (Å²) < 4.78 is 43.4. The van der Waals surface area contributed by atoms with Crippen molar-refractivity contribution in [2.24, 2.45) is 0 Å². The Kier molecular flexibility index (Phi) is 19.1. The minimum absolute atomic E-state index is 0.0696. The second-order valence-electron chi connectivity index (χ2n) is 10.4. The minimum Gasteiger partial charge on any atom is -0.454 e. The number of rotatable bonds is 23. The third kappa shape index (κ3) is 13.1. The van der Waals surface area contributed by atoms with Crippen molar-refractivity contribution in [1.29, 1.82) is 0 Å². The van der Waals surface area contributed by atoms with Crippen LogP contribution in [0, 0.1) is 0 Å². The van der Waals surface area contributed by atoms with Crippen LogP contribution in [-0.2, 0) is 33.2 Å². The number of hydrogen-bond donors (Lipinski definition) is 1. The van der Waals surface area contributed by atoms with Crippen LogP contribution in [0.2, 0.25) is 0 Å². The fourth-order valence-corrected chi connectivity index (χ4v) is 4.37. The van der Waals surface area contributed by atoms with Gasteiger partial charge in [0.2, 0.25) is 0 Å². The Bertz CT molecular complexity index is 778. The molecule has 1 aromatic rings. The Hall–Kier alpha value is -1.59. The molecule has 6 atom stereocenters. The second-order valence-corrected chi connectivity index (χ2v) is 10.4. The standard InChI is InChI=1S/C32H54O9/c1-5-9-18-35-24-27-28(36-19-10-6-2)29(37-20-11-7-3)30(38-21-12-8-4)32(41-27)39-23-26(22-33)40-31(34)25-16-14-13-15-17-25/h13-17,26-30,32-33H,5-12,18-24H2,1-4H3/t26?,27?,28?,29?,30-,32?/m0/s1. The van der Waals surface area contributed by atoms with Crippen LogP contribution in [0.5, 0.6) is 0 Å². The summed E-state index contributed by atoms with van der Waals surface area (Å²) in [7, 11) is 0. The van der Waals surface area contributed by atoms with Gasteiger partial charge >= 0.3 is 5.97 Å². The summed E-state index contributed by atoms with van der Waals surface area (Å²) >= 11 is 0. The molecule has 1 aromatic carbocycles. The molecule has 5 unspecified atom stereocenters. The Balaban J connectivity index is 2.23. The lowest BCUT2D eigenvalue weighted by Crippen LogP contribution is -2.62. The number of aliphatic hydroxyl groups excluding tert-OH is 1. The van der Waals surface area contributed by atoms with Gasteiger partial charge in [-0.25, -0.2) is 4.79 Å². The topological polar surface area (TPSA) is 102 Å². The van der Waals surface area contributed by atoms with E-state index in [4.69, 9.17) is 33.2 Å². The zero-order valence-corrected chi connectivity index (χ0v) is 25.7. The van der Waals surface area contributed by atoms with E-state index in [2.05, 4.69) is 27.7 Å². The maximum Gasteiger partial charge on any atom is 0.338 e. The van der Waals surface area contributed by atoms with E-state index in [9.17, 15) is 9.90 Å². The molecule has 1 saturated heterocycles. The number of aliphatic hydroxyl groups is 1. The van der Waals surface area contributed by atoms with Gasteiger partial charge < -0.3 is 38.3 Å². The summed E-state index contributed by atoms with van der Waals surface area (Å²) in [6.45, 7) is 10.6. The molecule has 0 radical (unpaired) electrons. The smallest absolute Gasteiger partial charge is 0.338 e. The number of carbonyl (C=O) groups is 1. The quantitative estimate of drug-likeness (QED) is 0.136. The van der Waals surface area contributed by atoms with Crippen LogP contribution in [0.1, 0.15) is 89.4 Å². The van der Waals surface area contributed by atoms with E-state index in [1.54, 1.807) is 24.3 Å². The molecule has 1 aliphatic rings. The Morgan fingerprint density at radius 1 is 0.780 bits per heavy atom. The van der Waals surface area contributed by atoms with E-state index in [-0.39, 0.29) is 6.61 Å². The molecule has 0 aromatic heterocycles. The van der Waals surface area contributed by atoms with E-state index in [1.165, 1.54) is 0 Å². The number of hydrogen-bond acceptors (Lipinski definition) is 9. The third-order valence-electron chi connectivity index (χ3n) is 6.87. The van der Waals surface area contributed by atoms with Crippen LogP contribution in [0.3, 0.4) is 0 Å². The van der Waals surface area contributed by atoms with Gasteiger partial charge in [0.25, 0.3) is 0 Å². The highest BCUT2D eigenvalue weighted by molar-refractivity contribution is 5.89. The predicted octanol–water partition coefficient (Wildman–Crippen LogP) is 5.32. The van der Waals surface area contributed by atoms with Crippen LogP contribution >= 0.6 is 0 Å². The molecule has 1 fully saturated rings. The highest BCUT2D eigenvalue weighted by atomic mass is 16.7. The third-order valence-corrected chi connectivity index (χ3v) is 6.87. The normalized spacial score (nSPS) is 23.4. The monoisotopic (exact) mass is 582 g/mol. The lowest BCUT2D eigenvalue weighted by atomic mass is 9.98. The molecule has 0 spiro atoms. The van der Waals surface area contributed by atoms with Crippen LogP contribution < -0.4 is 0 Å². The average Bonchev–Trinajstić information content (AvgIpc) is 2.99. The Morgan fingerprint density at radius 2 is 1.34 bits per heavy atom. The van der Waals surface area contributed by atoms with Crippen molar-refractivity contribution >= 4 is 5.97 Å². The molecule has 2 rings (SSSR count). The lowest BCUT2D eigenvalue weighted by molar-refractivity contribution is -0.326. The fraction of sp³-hybridized carbons (Fsp3) is 0.781. The summed E-state index contributed by atoms with van der Waals surface area (Å²) in [5.41, 5.74) is 0.404. The Morgan fingerprint density at radius 3 is 1.93 bits per heavy atom. The first-order valence-corrected chi connectivity index (χ1v) is 15.7. The first-order valence-electron chi connectivity index (χ1n) is 15.7. The summed E-state index contributed by atoms with van der Waals surface area (Å²) in [5, 5.41) is 9.97. The van der Waals surface area contributed by atoms with Gasteiger partial charge in [0.1, 0.15) is 30.5 Å². The van der Waals surface area contributed by atoms with Gasteiger partial charge in [0, 0.05) is 26.4 Å². The predicted molar refractivity (Wildman–Crippen MR) is 157 cm³/mol. The maximum atomic E-state index is 12.6. The van der Waals surface area contributed by atoms with Crippen LogP contribution in [0.25, 0.3) is 0 Å². The van der Waals surface area contributed by atoms with Crippen molar-refractivity contribution in [3.05, 3.63) is 35.9 Å². The molecular formula is C32H54O9. The van der Waals surface area contributed by atoms with Crippen molar-refractivity contribution in [3.8, 4) is 0 Å². The van der Waals surface area contributed by atoms with Gasteiger partial charge in [-0.15, -0.1) is 0 Å². The molecule has 1 N–H and O–H groups in total. The molecule has 41 heavy (non-hydrogen) atoms. The van der Waals surface area contributed by atoms with Gasteiger partial charge in [-0.2, -0.15) is 0 Å². The van der Waals surface area contributed by atoms with E-state index in [1.807, 2.05) is 6.07 Å². The first-order chi connectivity index (χ1) is 20.1. The molecule has 9 nitrogen and oxygen atoms in total. The molecule has 0 amide bonds. The van der Waals surface area contributed by atoms with Crippen molar-refractivity contribution in [2.45, 2.75) is 116 Å². The van der Waals surface area contributed by atoms with Gasteiger partial charge in [-0.1, -0.05) is 71.6 Å². The summed E-state index contributed by atoms with van der Waals surface area (Å²) in [5.74, 6) is -0.527. The zero-order valence-electron chi connectivity index (χ0n) is 25.7. The maximum absolute atomic E-state index is 12.6. The number of ether oxygens (including phenoxy) is 7. The van der Waals surface area contributed by atoms with Gasteiger partial charge in [-0.3, -0.25) is 0 Å². The van der Waals surface area contributed by atoms with Crippen molar-refractivity contribution in [2.75, 3.05) is 46.2 Å². The van der Waals surface area contributed by atoms with Crippen molar-refractivity contribution in [3.63, 3.8) is 0 Å². The molecule has 0 bridgehead atoms. The van der Waals surface area contributed by atoms with E-state index in [0.29, 0.717) is 38.6 Å². The zero-order chi connectivity index (χ0) is 29.7. The van der Waals surface area contributed by atoms with Gasteiger partial charge in [0.05, 0.1) is 25.4 Å². The van der Waals surface area contributed by atoms with Gasteiger partial charge in [0.15, 0.2) is 6.29 Å².